The average Bonchev–Trinajstić information content (AvgIpc) is 2.77. The molecule has 1 rings (SSSR count). The zero-order chi connectivity index (χ0) is 12.1. The van der Waals surface area contributed by atoms with Gasteiger partial charge in [-0.3, -0.25) is 4.79 Å². The number of carbonyl (C=O) groups excluding carboxylic acids is 1. The van der Waals surface area contributed by atoms with Crippen LogP contribution in [0.2, 0.25) is 0 Å². The maximum Gasteiger partial charge on any atom is 0.326 e. The molecule has 5 nitrogen and oxygen atoms in total. The van der Waals surface area contributed by atoms with Crippen LogP contribution in [0.15, 0.2) is 0 Å². The predicted octanol–water partition coefficient (Wildman–Crippen LogP) is 0.354. The summed E-state index contributed by atoms with van der Waals surface area (Å²) in [5, 5.41) is 14.7. The van der Waals surface area contributed by atoms with E-state index in [2.05, 4.69) is 10.6 Å². The quantitative estimate of drug-likeness (QED) is 0.634. The van der Waals surface area contributed by atoms with Gasteiger partial charge in [-0.25, -0.2) is 4.79 Å². The number of aliphatic carboxylic acids is 1. The summed E-state index contributed by atoms with van der Waals surface area (Å²) < 4.78 is 0. The van der Waals surface area contributed by atoms with Gasteiger partial charge in [-0.1, -0.05) is 20.3 Å². The third-order valence-corrected chi connectivity index (χ3v) is 3.15. The zero-order valence-electron chi connectivity index (χ0n) is 9.82. The Kier molecular flexibility index (Phi) is 4.73. The molecule has 5 heteroatoms. The molecule has 0 spiro atoms. The first-order chi connectivity index (χ1) is 7.56. The molecule has 0 bridgehead atoms. The Balaban J connectivity index is 2.53. The number of amides is 1. The third kappa shape index (κ3) is 3.20. The lowest BCUT2D eigenvalue weighted by Gasteiger charge is -2.22. The molecule has 0 aromatic heterocycles. The van der Waals surface area contributed by atoms with Gasteiger partial charge in [-0.2, -0.15) is 0 Å². The van der Waals surface area contributed by atoms with Crippen molar-refractivity contribution in [2.24, 2.45) is 5.92 Å². The van der Waals surface area contributed by atoms with Gasteiger partial charge in [0.1, 0.15) is 6.04 Å². The molecule has 0 aromatic carbocycles. The Bertz CT molecular complexity index is 262. The summed E-state index contributed by atoms with van der Waals surface area (Å²) in [6.07, 6.45) is 2.49. The third-order valence-electron chi connectivity index (χ3n) is 3.15. The number of hydrogen-bond acceptors (Lipinski definition) is 3. The summed E-state index contributed by atoms with van der Waals surface area (Å²) in [5.41, 5.74) is 0. The summed E-state index contributed by atoms with van der Waals surface area (Å²) in [7, 11) is 0. The monoisotopic (exact) mass is 228 g/mol. The molecular weight excluding hydrogens is 208 g/mol. The smallest absolute Gasteiger partial charge is 0.326 e. The fourth-order valence-corrected chi connectivity index (χ4v) is 1.85. The Hall–Kier alpha value is -1.10. The number of carboxylic acid groups (broad SMARTS) is 1. The van der Waals surface area contributed by atoms with Crippen LogP contribution >= 0.6 is 0 Å². The second-order valence-electron chi connectivity index (χ2n) is 4.36. The highest BCUT2D eigenvalue weighted by molar-refractivity contribution is 5.87. The van der Waals surface area contributed by atoms with Gasteiger partial charge in [-0.15, -0.1) is 0 Å². The van der Waals surface area contributed by atoms with Gasteiger partial charge >= 0.3 is 5.97 Å². The number of nitrogens with one attached hydrogen (secondary N) is 2. The minimum atomic E-state index is -0.958. The molecule has 1 heterocycles. The van der Waals surface area contributed by atoms with Crippen molar-refractivity contribution in [1.29, 1.82) is 0 Å². The van der Waals surface area contributed by atoms with Crippen molar-refractivity contribution in [2.75, 3.05) is 6.54 Å². The molecule has 0 saturated carbocycles. The van der Waals surface area contributed by atoms with Gasteiger partial charge in [-0.05, 0) is 25.3 Å². The first-order valence-electron chi connectivity index (χ1n) is 5.82. The highest BCUT2D eigenvalue weighted by atomic mass is 16.4. The minimum absolute atomic E-state index is 0.0529. The minimum Gasteiger partial charge on any atom is -0.480 e. The Morgan fingerprint density at radius 1 is 1.56 bits per heavy atom. The first-order valence-corrected chi connectivity index (χ1v) is 5.82. The van der Waals surface area contributed by atoms with Crippen LogP contribution in [0.25, 0.3) is 0 Å². The van der Waals surface area contributed by atoms with Crippen molar-refractivity contribution >= 4 is 11.9 Å². The highest BCUT2D eigenvalue weighted by Crippen LogP contribution is 2.10. The van der Waals surface area contributed by atoms with Crippen molar-refractivity contribution in [3.05, 3.63) is 0 Å². The van der Waals surface area contributed by atoms with E-state index in [9.17, 15) is 9.59 Å². The summed E-state index contributed by atoms with van der Waals surface area (Å²) in [6.45, 7) is 4.58. The number of carboxylic acids is 1. The van der Waals surface area contributed by atoms with E-state index in [1.54, 1.807) is 0 Å². The van der Waals surface area contributed by atoms with Crippen LogP contribution in [0, 0.1) is 5.92 Å². The van der Waals surface area contributed by atoms with Crippen molar-refractivity contribution in [3.63, 3.8) is 0 Å². The van der Waals surface area contributed by atoms with E-state index in [1.807, 2.05) is 13.8 Å². The van der Waals surface area contributed by atoms with E-state index >= 15 is 0 Å². The molecule has 16 heavy (non-hydrogen) atoms. The van der Waals surface area contributed by atoms with Crippen molar-refractivity contribution < 1.29 is 14.7 Å². The maximum absolute atomic E-state index is 11.7. The first kappa shape index (κ1) is 13.0. The van der Waals surface area contributed by atoms with Crippen LogP contribution in [0.3, 0.4) is 0 Å². The molecule has 1 aliphatic rings. The molecule has 1 amide bonds. The van der Waals surface area contributed by atoms with Crippen LogP contribution in [-0.4, -0.2) is 35.6 Å². The largest absolute Gasteiger partial charge is 0.480 e. The number of carbonyl (C=O) groups is 2. The normalized spacial score (nSPS) is 23.8. The fraction of sp³-hybridized carbons (Fsp3) is 0.818. The second kappa shape index (κ2) is 5.84. The topological polar surface area (TPSA) is 78.4 Å². The lowest BCUT2D eigenvalue weighted by Crippen LogP contribution is -2.50. The van der Waals surface area contributed by atoms with Gasteiger partial charge in [0.25, 0.3) is 0 Å². The van der Waals surface area contributed by atoms with E-state index in [-0.39, 0.29) is 17.9 Å². The van der Waals surface area contributed by atoms with Crippen molar-refractivity contribution in [1.82, 2.24) is 10.6 Å². The molecule has 3 unspecified atom stereocenters. The highest BCUT2D eigenvalue weighted by Gasteiger charge is 2.29. The maximum atomic E-state index is 11.7. The van der Waals surface area contributed by atoms with Crippen LogP contribution in [0.1, 0.15) is 33.1 Å². The molecule has 1 saturated heterocycles. The molecular formula is C11H20N2O3. The summed E-state index contributed by atoms with van der Waals surface area (Å²) in [4.78, 5) is 22.8. The second-order valence-corrected chi connectivity index (χ2v) is 4.36. The summed E-state index contributed by atoms with van der Waals surface area (Å²) >= 11 is 0. The predicted molar refractivity (Wildman–Crippen MR) is 60.0 cm³/mol. The SMILES string of the molecule is CCC(C)C(NC(=O)C1CCCN1)C(=O)O. The Morgan fingerprint density at radius 3 is 2.69 bits per heavy atom. The standard InChI is InChI=1S/C11H20N2O3/c1-3-7(2)9(11(15)16)13-10(14)8-5-4-6-12-8/h7-9,12H,3-6H2,1-2H3,(H,13,14)(H,15,16). The summed E-state index contributed by atoms with van der Waals surface area (Å²) in [6, 6.07) is -0.995. The van der Waals surface area contributed by atoms with Gasteiger partial charge in [0.05, 0.1) is 6.04 Å². The zero-order valence-corrected chi connectivity index (χ0v) is 9.82. The van der Waals surface area contributed by atoms with E-state index in [4.69, 9.17) is 5.11 Å². The molecule has 1 aliphatic heterocycles. The molecule has 0 aromatic rings. The molecule has 0 radical (unpaired) electrons. The molecule has 3 N–H and O–H groups in total. The van der Waals surface area contributed by atoms with E-state index in [0.29, 0.717) is 0 Å². The Labute approximate surface area is 95.6 Å². The van der Waals surface area contributed by atoms with Gasteiger partial charge < -0.3 is 15.7 Å². The number of hydrogen-bond donors (Lipinski definition) is 3. The lowest BCUT2D eigenvalue weighted by atomic mass is 9.99. The molecule has 3 atom stereocenters. The fourth-order valence-electron chi connectivity index (χ4n) is 1.85. The van der Waals surface area contributed by atoms with Crippen LogP contribution in [-0.2, 0) is 9.59 Å². The van der Waals surface area contributed by atoms with E-state index < -0.39 is 12.0 Å². The van der Waals surface area contributed by atoms with Crippen molar-refractivity contribution in [3.8, 4) is 0 Å². The Morgan fingerprint density at radius 2 is 2.25 bits per heavy atom. The van der Waals surface area contributed by atoms with Crippen LogP contribution in [0.4, 0.5) is 0 Å². The van der Waals surface area contributed by atoms with Crippen LogP contribution < -0.4 is 10.6 Å². The van der Waals surface area contributed by atoms with Gasteiger partial charge in [0.15, 0.2) is 0 Å². The summed E-state index contributed by atoms with van der Waals surface area (Å²) in [5.74, 6) is -1.20. The van der Waals surface area contributed by atoms with E-state index in [1.165, 1.54) is 0 Å². The van der Waals surface area contributed by atoms with Gasteiger partial charge in [0, 0.05) is 0 Å². The molecule has 0 aliphatic carbocycles. The van der Waals surface area contributed by atoms with E-state index in [0.717, 1.165) is 25.8 Å². The van der Waals surface area contributed by atoms with Gasteiger partial charge in [0.2, 0.25) is 5.91 Å². The van der Waals surface area contributed by atoms with Crippen LogP contribution in [0.5, 0.6) is 0 Å². The molecule has 92 valence electrons. The molecule has 1 fully saturated rings. The number of rotatable bonds is 5. The lowest BCUT2D eigenvalue weighted by molar-refractivity contribution is -0.143. The average molecular weight is 228 g/mol. The van der Waals surface area contributed by atoms with Crippen molar-refractivity contribution in [2.45, 2.75) is 45.2 Å².